The number of carbonyl (C=O) groups is 1. The molecule has 5 heteroatoms. The van der Waals surface area contributed by atoms with Crippen LogP contribution < -0.4 is 4.90 Å². The lowest BCUT2D eigenvalue weighted by molar-refractivity contribution is 0.203. The van der Waals surface area contributed by atoms with E-state index in [0.717, 1.165) is 4.90 Å². The number of aryl methyl sites for hydroxylation is 2. The summed E-state index contributed by atoms with van der Waals surface area (Å²) in [5.41, 5.74) is 1.10. The van der Waals surface area contributed by atoms with E-state index in [2.05, 4.69) is 5.16 Å². The molecule has 66 valence electrons. The average molecular weight is 170 g/mol. The van der Waals surface area contributed by atoms with Crippen molar-refractivity contribution in [2.24, 2.45) is 0 Å². The lowest BCUT2D eigenvalue weighted by Gasteiger charge is -2.10. The van der Waals surface area contributed by atoms with E-state index in [4.69, 9.17) is 9.63 Å². The second kappa shape index (κ2) is 2.84. The van der Waals surface area contributed by atoms with Crippen LogP contribution in [0.3, 0.4) is 0 Å². The third-order valence-electron chi connectivity index (χ3n) is 1.62. The predicted octanol–water partition coefficient (Wildman–Crippen LogP) is 1.41. The van der Waals surface area contributed by atoms with Crippen LogP contribution in [0.1, 0.15) is 11.5 Å². The molecule has 0 aliphatic heterocycles. The summed E-state index contributed by atoms with van der Waals surface area (Å²) in [5, 5.41) is 12.3. The van der Waals surface area contributed by atoms with Gasteiger partial charge in [-0.2, -0.15) is 0 Å². The second-order valence-corrected chi connectivity index (χ2v) is 2.51. The van der Waals surface area contributed by atoms with Crippen molar-refractivity contribution < 1.29 is 14.4 Å². The van der Waals surface area contributed by atoms with E-state index < -0.39 is 6.09 Å². The minimum absolute atomic E-state index is 0.511. The minimum atomic E-state index is -1.02. The van der Waals surface area contributed by atoms with E-state index in [0.29, 0.717) is 17.1 Å². The number of nitrogens with zero attached hydrogens (tertiary/aromatic N) is 2. The molecule has 0 aromatic carbocycles. The number of hydrogen-bond acceptors (Lipinski definition) is 3. The topological polar surface area (TPSA) is 66.6 Å². The smallest absolute Gasteiger partial charge is 0.411 e. The highest BCUT2D eigenvalue weighted by molar-refractivity contribution is 5.86. The maximum Gasteiger partial charge on any atom is 0.411 e. The van der Waals surface area contributed by atoms with Crippen molar-refractivity contribution in [3.05, 3.63) is 11.5 Å². The molecule has 0 bridgehead atoms. The zero-order valence-corrected chi connectivity index (χ0v) is 7.16. The van der Waals surface area contributed by atoms with E-state index in [1.54, 1.807) is 13.8 Å². The van der Waals surface area contributed by atoms with Gasteiger partial charge in [-0.15, -0.1) is 0 Å². The van der Waals surface area contributed by atoms with Crippen molar-refractivity contribution in [2.45, 2.75) is 13.8 Å². The third-order valence-corrected chi connectivity index (χ3v) is 1.62. The van der Waals surface area contributed by atoms with Crippen LogP contribution in [0, 0.1) is 13.8 Å². The summed E-state index contributed by atoms with van der Waals surface area (Å²) in [5.74, 6) is 0.511. The van der Waals surface area contributed by atoms with Crippen LogP contribution in [0.15, 0.2) is 4.52 Å². The van der Waals surface area contributed by atoms with Gasteiger partial charge in [-0.25, -0.2) is 4.79 Å². The number of amides is 1. The Balaban J connectivity index is 3.08. The molecule has 1 amide bonds. The Hall–Kier alpha value is -1.52. The number of hydrogen-bond donors (Lipinski definition) is 1. The highest BCUT2D eigenvalue weighted by Crippen LogP contribution is 2.22. The summed E-state index contributed by atoms with van der Waals surface area (Å²) < 4.78 is 4.81. The van der Waals surface area contributed by atoms with Gasteiger partial charge >= 0.3 is 6.09 Å². The Morgan fingerprint density at radius 3 is 2.50 bits per heavy atom. The predicted molar refractivity (Wildman–Crippen MR) is 42.4 cm³/mol. The zero-order valence-electron chi connectivity index (χ0n) is 7.16. The van der Waals surface area contributed by atoms with E-state index in [-0.39, 0.29) is 0 Å². The van der Waals surface area contributed by atoms with Crippen LogP contribution in [0.25, 0.3) is 0 Å². The Kier molecular flexibility index (Phi) is 2.03. The van der Waals surface area contributed by atoms with Gasteiger partial charge in [0.1, 0.15) is 11.4 Å². The lowest BCUT2D eigenvalue weighted by Crippen LogP contribution is -2.24. The van der Waals surface area contributed by atoms with Gasteiger partial charge in [-0.05, 0) is 13.8 Å². The molecule has 0 spiro atoms. The standard InChI is InChI=1S/C7H10N2O3/c1-4-6(5(2)12-8-4)9(3)7(10)11/h1-3H3,(H,10,11). The van der Waals surface area contributed by atoms with Gasteiger partial charge in [-0.3, -0.25) is 4.90 Å². The first-order valence-corrected chi connectivity index (χ1v) is 3.43. The third kappa shape index (κ3) is 1.25. The van der Waals surface area contributed by atoms with Crippen LogP contribution >= 0.6 is 0 Å². The molecule has 1 aromatic heterocycles. The van der Waals surface area contributed by atoms with Crippen molar-refractivity contribution in [3.8, 4) is 0 Å². The molecule has 0 atom stereocenters. The molecule has 5 nitrogen and oxygen atoms in total. The molecule has 0 fully saturated rings. The lowest BCUT2D eigenvalue weighted by atomic mass is 10.3. The minimum Gasteiger partial charge on any atom is -0.465 e. The maximum atomic E-state index is 10.6. The molecule has 0 aliphatic rings. The molecule has 1 heterocycles. The number of anilines is 1. The normalized spacial score (nSPS) is 9.92. The van der Waals surface area contributed by atoms with Crippen molar-refractivity contribution in [3.63, 3.8) is 0 Å². The summed E-state index contributed by atoms with van der Waals surface area (Å²) in [6.07, 6.45) is -1.02. The van der Waals surface area contributed by atoms with Crippen LogP contribution in [-0.2, 0) is 0 Å². The second-order valence-electron chi connectivity index (χ2n) is 2.51. The fraction of sp³-hybridized carbons (Fsp3) is 0.429. The fourth-order valence-corrected chi connectivity index (χ4v) is 1.05. The first kappa shape index (κ1) is 8.58. The Labute approximate surface area is 69.6 Å². The molecular weight excluding hydrogens is 160 g/mol. The van der Waals surface area contributed by atoms with Gasteiger partial charge in [0, 0.05) is 7.05 Å². The van der Waals surface area contributed by atoms with Crippen LogP contribution in [0.4, 0.5) is 10.5 Å². The van der Waals surface area contributed by atoms with Gasteiger partial charge in [-0.1, -0.05) is 5.16 Å². The molecule has 0 radical (unpaired) electrons. The van der Waals surface area contributed by atoms with Crippen molar-refractivity contribution in [2.75, 3.05) is 11.9 Å². The molecule has 0 saturated carbocycles. The van der Waals surface area contributed by atoms with E-state index in [1.165, 1.54) is 7.05 Å². The van der Waals surface area contributed by atoms with Gasteiger partial charge in [0.25, 0.3) is 0 Å². The molecule has 1 rings (SSSR count). The van der Waals surface area contributed by atoms with Crippen LogP contribution in [0.2, 0.25) is 0 Å². The zero-order chi connectivity index (χ0) is 9.30. The monoisotopic (exact) mass is 170 g/mol. The molecule has 0 saturated heterocycles. The van der Waals surface area contributed by atoms with E-state index >= 15 is 0 Å². The molecular formula is C7H10N2O3. The summed E-state index contributed by atoms with van der Waals surface area (Å²) >= 11 is 0. The summed E-state index contributed by atoms with van der Waals surface area (Å²) in [6, 6.07) is 0. The highest BCUT2D eigenvalue weighted by Gasteiger charge is 2.17. The molecule has 1 aromatic rings. The van der Waals surface area contributed by atoms with Gasteiger partial charge in [0.2, 0.25) is 0 Å². The molecule has 0 unspecified atom stereocenters. The van der Waals surface area contributed by atoms with E-state index in [1.807, 2.05) is 0 Å². The average Bonchev–Trinajstić information content (AvgIpc) is 2.30. The summed E-state index contributed by atoms with van der Waals surface area (Å²) in [7, 11) is 1.45. The quantitative estimate of drug-likeness (QED) is 0.691. The Morgan fingerprint density at radius 2 is 2.17 bits per heavy atom. The van der Waals surface area contributed by atoms with Crippen molar-refractivity contribution in [1.29, 1.82) is 0 Å². The van der Waals surface area contributed by atoms with Crippen molar-refractivity contribution >= 4 is 11.8 Å². The van der Waals surface area contributed by atoms with Gasteiger partial charge in [0.15, 0.2) is 5.76 Å². The molecule has 12 heavy (non-hydrogen) atoms. The maximum absolute atomic E-state index is 10.6. The molecule has 0 aliphatic carbocycles. The van der Waals surface area contributed by atoms with E-state index in [9.17, 15) is 4.79 Å². The Bertz CT molecular complexity index is 286. The molecule has 1 N–H and O–H groups in total. The van der Waals surface area contributed by atoms with Crippen molar-refractivity contribution in [1.82, 2.24) is 5.16 Å². The number of carboxylic acid groups (broad SMARTS) is 1. The SMILES string of the molecule is Cc1noc(C)c1N(C)C(=O)O. The number of rotatable bonds is 1. The number of aromatic nitrogens is 1. The van der Waals surface area contributed by atoms with Gasteiger partial charge < -0.3 is 9.63 Å². The van der Waals surface area contributed by atoms with Crippen LogP contribution in [0.5, 0.6) is 0 Å². The largest absolute Gasteiger partial charge is 0.465 e. The highest BCUT2D eigenvalue weighted by atomic mass is 16.5. The van der Waals surface area contributed by atoms with Gasteiger partial charge in [0.05, 0.1) is 0 Å². The van der Waals surface area contributed by atoms with Crippen LogP contribution in [-0.4, -0.2) is 23.4 Å². The first-order valence-electron chi connectivity index (χ1n) is 3.43. The first-order chi connectivity index (χ1) is 5.54. The Morgan fingerprint density at radius 1 is 1.58 bits per heavy atom. The summed E-state index contributed by atoms with van der Waals surface area (Å²) in [4.78, 5) is 11.6. The summed E-state index contributed by atoms with van der Waals surface area (Å²) in [6.45, 7) is 3.38. The fourth-order valence-electron chi connectivity index (χ4n) is 1.05.